The Balaban J connectivity index is 2.16. The van der Waals surface area contributed by atoms with Crippen molar-refractivity contribution >= 4 is 6.09 Å². The van der Waals surface area contributed by atoms with Crippen molar-refractivity contribution in [2.45, 2.75) is 50.7 Å². The highest BCUT2D eigenvalue weighted by atomic mass is 16.7. The van der Waals surface area contributed by atoms with Crippen molar-refractivity contribution in [2.75, 3.05) is 27.4 Å². The minimum Gasteiger partial charge on any atom is -0.444 e. The van der Waals surface area contributed by atoms with Gasteiger partial charge in [-0.3, -0.25) is 4.90 Å². The number of carbonyl (C=O) groups is 1. The highest BCUT2D eigenvalue weighted by Crippen LogP contribution is 2.39. The number of ether oxygens (including phenoxy) is 4. The monoisotopic (exact) mass is 273 g/mol. The van der Waals surface area contributed by atoms with Crippen LogP contribution in [0.2, 0.25) is 0 Å². The number of methoxy groups -OCH3 is 2. The molecule has 0 aromatic heterocycles. The maximum atomic E-state index is 12.3. The molecule has 0 aromatic carbocycles. The lowest BCUT2D eigenvalue weighted by molar-refractivity contribution is -0.224. The first kappa shape index (κ1) is 14.6. The summed E-state index contributed by atoms with van der Waals surface area (Å²) in [4.78, 5) is 13.9. The molecular formula is C13H23NO5. The number of likely N-dealkylation sites (tertiary alicyclic amines) is 1. The van der Waals surface area contributed by atoms with Crippen LogP contribution in [0.3, 0.4) is 0 Å². The van der Waals surface area contributed by atoms with Crippen LogP contribution in [0.25, 0.3) is 0 Å². The van der Waals surface area contributed by atoms with Gasteiger partial charge in [-0.15, -0.1) is 0 Å². The van der Waals surface area contributed by atoms with Gasteiger partial charge in [0.15, 0.2) is 0 Å². The van der Waals surface area contributed by atoms with Crippen LogP contribution in [0.5, 0.6) is 0 Å². The number of rotatable bonds is 2. The van der Waals surface area contributed by atoms with Crippen LogP contribution in [0.4, 0.5) is 4.79 Å². The zero-order valence-corrected chi connectivity index (χ0v) is 12.3. The average molecular weight is 273 g/mol. The molecule has 6 heteroatoms. The van der Waals surface area contributed by atoms with Gasteiger partial charge in [0.25, 0.3) is 0 Å². The number of carbonyl (C=O) groups excluding carboxylic acids is 1. The Labute approximate surface area is 113 Å². The first-order valence-electron chi connectivity index (χ1n) is 6.54. The lowest BCUT2D eigenvalue weighted by Gasteiger charge is -2.36. The summed E-state index contributed by atoms with van der Waals surface area (Å²) in [6.45, 7) is 6.48. The minimum atomic E-state index is -0.891. The summed E-state index contributed by atoms with van der Waals surface area (Å²) in [6, 6.07) is -0.252. The second-order valence-corrected chi connectivity index (χ2v) is 5.98. The number of hydrogen-bond donors (Lipinski definition) is 0. The zero-order valence-electron chi connectivity index (χ0n) is 12.3. The first-order valence-corrected chi connectivity index (χ1v) is 6.54. The van der Waals surface area contributed by atoms with Gasteiger partial charge >= 0.3 is 6.09 Å². The molecule has 2 heterocycles. The van der Waals surface area contributed by atoms with E-state index in [9.17, 15) is 4.79 Å². The fraction of sp³-hybridized carbons (Fsp3) is 0.923. The van der Waals surface area contributed by atoms with Crippen molar-refractivity contribution in [1.82, 2.24) is 4.90 Å². The third-order valence-corrected chi connectivity index (χ3v) is 3.61. The number of amides is 1. The largest absolute Gasteiger partial charge is 0.444 e. The van der Waals surface area contributed by atoms with E-state index in [1.807, 2.05) is 20.8 Å². The molecule has 0 aromatic rings. The van der Waals surface area contributed by atoms with Crippen molar-refractivity contribution in [3.05, 3.63) is 0 Å². The van der Waals surface area contributed by atoms with Crippen LogP contribution in [-0.4, -0.2) is 61.9 Å². The van der Waals surface area contributed by atoms with Gasteiger partial charge in [-0.1, -0.05) is 0 Å². The molecule has 2 fully saturated rings. The molecule has 1 unspecified atom stereocenters. The summed E-state index contributed by atoms with van der Waals surface area (Å²) in [7, 11) is 3.14. The summed E-state index contributed by atoms with van der Waals surface area (Å²) < 4.78 is 22.1. The third kappa shape index (κ3) is 2.57. The van der Waals surface area contributed by atoms with Crippen LogP contribution < -0.4 is 0 Å². The SMILES string of the molecule is COC1(OC)COC2CCN(C(=O)OC(C)(C)C)[C@@H]21. The Morgan fingerprint density at radius 2 is 1.95 bits per heavy atom. The first-order chi connectivity index (χ1) is 8.83. The van der Waals surface area contributed by atoms with Crippen molar-refractivity contribution in [2.24, 2.45) is 0 Å². The quantitative estimate of drug-likeness (QED) is 0.711. The van der Waals surface area contributed by atoms with Gasteiger partial charge in [0.05, 0.1) is 6.10 Å². The lowest BCUT2D eigenvalue weighted by Crippen LogP contribution is -2.55. The molecule has 0 bridgehead atoms. The molecular weight excluding hydrogens is 250 g/mol. The molecule has 6 nitrogen and oxygen atoms in total. The van der Waals surface area contributed by atoms with E-state index in [2.05, 4.69) is 0 Å². The Hall–Kier alpha value is -0.850. The van der Waals surface area contributed by atoms with E-state index in [0.717, 1.165) is 6.42 Å². The van der Waals surface area contributed by atoms with E-state index < -0.39 is 11.4 Å². The average Bonchev–Trinajstić information content (AvgIpc) is 2.86. The van der Waals surface area contributed by atoms with E-state index in [1.165, 1.54) is 0 Å². The molecule has 0 saturated carbocycles. The van der Waals surface area contributed by atoms with Gasteiger partial charge in [0, 0.05) is 20.8 Å². The third-order valence-electron chi connectivity index (χ3n) is 3.61. The van der Waals surface area contributed by atoms with E-state index in [4.69, 9.17) is 18.9 Å². The summed E-state index contributed by atoms with van der Waals surface area (Å²) in [5.41, 5.74) is -0.516. The van der Waals surface area contributed by atoms with Crippen LogP contribution in [0.15, 0.2) is 0 Å². The maximum Gasteiger partial charge on any atom is 0.410 e. The standard InChI is InChI=1S/C13H23NO5/c1-12(2,3)19-11(15)14-7-6-9-10(14)13(16-4,17-5)8-18-9/h9-10H,6-8H2,1-5H3/t9?,10-/m0/s1. The summed E-state index contributed by atoms with van der Waals surface area (Å²) in [5.74, 6) is -0.891. The van der Waals surface area contributed by atoms with Crippen LogP contribution in [0.1, 0.15) is 27.2 Å². The highest BCUT2D eigenvalue weighted by molar-refractivity contribution is 5.69. The smallest absolute Gasteiger partial charge is 0.410 e. The molecule has 1 amide bonds. The molecule has 0 spiro atoms. The number of fused-ring (bicyclic) bond motifs is 1. The Bertz CT molecular complexity index is 347. The second-order valence-electron chi connectivity index (χ2n) is 5.98. The Kier molecular flexibility index (Phi) is 3.77. The minimum absolute atomic E-state index is 0.0487. The molecule has 0 aliphatic carbocycles. The van der Waals surface area contributed by atoms with E-state index >= 15 is 0 Å². The predicted octanol–water partition coefficient (Wildman–Crippen LogP) is 1.38. The van der Waals surface area contributed by atoms with Gasteiger partial charge in [-0.25, -0.2) is 4.79 Å². The van der Waals surface area contributed by atoms with Crippen molar-refractivity contribution in [3.63, 3.8) is 0 Å². The molecule has 2 rings (SSSR count). The van der Waals surface area contributed by atoms with Gasteiger partial charge in [-0.05, 0) is 27.2 Å². The summed E-state index contributed by atoms with van der Waals surface area (Å²) in [5, 5.41) is 0. The normalized spacial score (nSPS) is 29.4. The van der Waals surface area contributed by atoms with Crippen molar-refractivity contribution in [1.29, 1.82) is 0 Å². The molecule has 2 aliphatic rings. The van der Waals surface area contributed by atoms with Gasteiger partial charge in [-0.2, -0.15) is 0 Å². The van der Waals surface area contributed by atoms with Crippen LogP contribution in [-0.2, 0) is 18.9 Å². The highest BCUT2D eigenvalue weighted by Gasteiger charge is 2.58. The van der Waals surface area contributed by atoms with E-state index in [-0.39, 0.29) is 18.2 Å². The van der Waals surface area contributed by atoms with E-state index in [1.54, 1.807) is 19.1 Å². The second kappa shape index (κ2) is 4.92. The van der Waals surface area contributed by atoms with Crippen molar-refractivity contribution in [3.8, 4) is 0 Å². The molecule has 2 saturated heterocycles. The lowest BCUT2D eigenvalue weighted by atomic mass is 10.1. The molecule has 2 aliphatic heterocycles. The van der Waals surface area contributed by atoms with Crippen LogP contribution in [0, 0.1) is 0 Å². The van der Waals surface area contributed by atoms with Crippen molar-refractivity contribution < 1.29 is 23.7 Å². The van der Waals surface area contributed by atoms with Gasteiger partial charge in [0.1, 0.15) is 18.2 Å². The molecule has 0 N–H and O–H groups in total. The maximum absolute atomic E-state index is 12.3. The van der Waals surface area contributed by atoms with Gasteiger partial charge < -0.3 is 18.9 Å². The number of hydrogen-bond acceptors (Lipinski definition) is 5. The summed E-state index contributed by atoms with van der Waals surface area (Å²) >= 11 is 0. The molecule has 19 heavy (non-hydrogen) atoms. The zero-order chi connectivity index (χ0) is 14.3. The topological polar surface area (TPSA) is 57.2 Å². The molecule has 0 radical (unpaired) electrons. The molecule has 110 valence electrons. The fourth-order valence-electron chi connectivity index (χ4n) is 2.74. The Morgan fingerprint density at radius 3 is 2.47 bits per heavy atom. The number of nitrogens with zero attached hydrogens (tertiary/aromatic N) is 1. The fourth-order valence-corrected chi connectivity index (χ4v) is 2.74. The van der Waals surface area contributed by atoms with E-state index in [0.29, 0.717) is 13.2 Å². The Morgan fingerprint density at radius 1 is 1.32 bits per heavy atom. The van der Waals surface area contributed by atoms with Gasteiger partial charge in [0.2, 0.25) is 5.79 Å². The van der Waals surface area contributed by atoms with Crippen LogP contribution >= 0.6 is 0 Å². The molecule has 2 atom stereocenters. The summed E-state index contributed by atoms with van der Waals surface area (Å²) in [6.07, 6.45) is 0.384. The predicted molar refractivity (Wildman–Crippen MR) is 67.8 cm³/mol.